The third-order valence-electron chi connectivity index (χ3n) is 5.42. The smallest absolute Gasteiger partial charge is 0.338 e. The number of imide groups is 1. The minimum atomic E-state index is -0.679. The standard InChI is InChI=1S/C21H27N3O6/c1-14-4-3-5-15(2)24(14)19(26)13-29-17-8-6-16(7-9-17)20(27)30-12-18(25)23-11-10-22-21(23)28/h6-9,14-15H,3-5,10-13H2,1-2H3,(H,22,28)/t14-,15+. The van der Waals surface area contributed by atoms with Crippen molar-refractivity contribution in [2.75, 3.05) is 26.3 Å². The van der Waals surface area contributed by atoms with Crippen LogP contribution in [0.25, 0.3) is 0 Å². The van der Waals surface area contributed by atoms with Gasteiger partial charge in [0.25, 0.3) is 11.8 Å². The number of likely N-dealkylation sites (tertiary alicyclic amines) is 1. The molecule has 0 unspecified atom stereocenters. The molecule has 2 fully saturated rings. The van der Waals surface area contributed by atoms with Gasteiger partial charge < -0.3 is 19.7 Å². The second-order valence-electron chi connectivity index (χ2n) is 7.60. The molecule has 1 aromatic rings. The van der Waals surface area contributed by atoms with E-state index in [9.17, 15) is 19.2 Å². The van der Waals surface area contributed by atoms with E-state index >= 15 is 0 Å². The number of hydrogen-bond donors (Lipinski definition) is 1. The zero-order valence-corrected chi connectivity index (χ0v) is 17.3. The number of esters is 1. The molecule has 9 heteroatoms. The summed E-state index contributed by atoms with van der Waals surface area (Å²) in [6.45, 7) is 4.17. The number of hydrogen-bond acceptors (Lipinski definition) is 6. The van der Waals surface area contributed by atoms with Crippen molar-refractivity contribution in [3.63, 3.8) is 0 Å². The van der Waals surface area contributed by atoms with E-state index in [4.69, 9.17) is 9.47 Å². The first-order chi connectivity index (χ1) is 14.4. The number of ether oxygens (including phenoxy) is 2. The second kappa shape index (κ2) is 9.60. The number of carbonyl (C=O) groups excluding carboxylic acids is 4. The van der Waals surface area contributed by atoms with Crippen LogP contribution in [0.5, 0.6) is 5.75 Å². The van der Waals surface area contributed by atoms with E-state index in [-0.39, 0.29) is 36.7 Å². The van der Waals surface area contributed by atoms with Crippen molar-refractivity contribution in [1.29, 1.82) is 0 Å². The van der Waals surface area contributed by atoms with Crippen LogP contribution < -0.4 is 10.1 Å². The van der Waals surface area contributed by atoms with Crippen LogP contribution in [-0.2, 0) is 14.3 Å². The quantitative estimate of drug-likeness (QED) is 0.705. The Kier molecular flexibility index (Phi) is 6.91. The molecule has 0 radical (unpaired) electrons. The molecule has 0 bridgehead atoms. The normalized spacial score (nSPS) is 21.2. The summed E-state index contributed by atoms with van der Waals surface area (Å²) in [4.78, 5) is 50.8. The lowest BCUT2D eigenvalue weighted by Gasteiger charge is -2.38. The summed E-state index contributed by atoms with van der Waals surface area (Å²) in [5.74, 6) is -0.843. The first kappa shape index (κ1) is 21.6. The number of nitrogens with one attached hydrogen (secondary N) is 1. The molecule has 2 heterocycles. The summed E-state index contributed by atoms with van der Waals surface area (Å²) >= 11 is 0. The van der Waals surface area contributed by atoms with Crippen LogP contribution in [0.2, 0.25) is 0 Å². The fourth-order valence-electron chi connectivity index (χ4n) is 3.82. The van der Waals surface area contributed by atoms with E-state index in [1.165, 1.54) is 12.1 Å². The highest BCUT2D eigenvalue weighted by molar-refractivity contribution is 5.98. The monoisotopic (exact) mass is 417 g/mol. The molecule has 4 amide bonds. The van der Waals surface area contributed by atoms with Crippen LogP contribution in [0.4, 0.5) is 4.79 Å². The van der Waals surface area contributed by atoms with Crippen LogP contribution in [0.15, 0.2) is 24.3 Å². The molecule has 2 aliphatic rings. The maximum Gasteiger partial charge on any atom is 0.338 e. The average Bonchev–Trinajstić information content (AvgIpc) is 3.16. The SMILES string of the molecule is C[C@@H]1CCC[C@H](C)N1C(=O)COc1ccc(C(=O)OCC(=O)N2CCNC2=O)cc1. The fraction of sp³-hybridized carbons (Fsp3) is 0.524. The molecule has 2 saturated heterocycles. The zero-order valence-electron chi connectivity index (χ0n) is 17.3. The molecule has 0 saturated carbocycles. The van der Waals surface area contributed by atoms with Gasteiger partial charge in [0.2, 0.25) is 0 Å². The molecule has 0 spiro atoms. The van der Waals surface area contributed by atoms with Crippen LogP contribution in [0.1, 0.15) is 43.5 Å². The Hall–Kier alpha value is -3.10. The molecule has 1 aromatic carbocycles. The lowest BCUT2D eigenvalue weighted by Crippen LogP contribution is -2.49. The number of rotatable bonds is 6. The zero-order chi connectivity index (χ0) is 21.7. The van der Waals surface area contributed by atoms with Crippen LogP contribution in [0, 0.1) is 0 Å². The van der Waals surface area contributed by atoms with Gasteiger partial charge >= 0.3 is 12.0 Å². The summed E-state index contributed by atoms with van der Waals surface area (Å²) in [6, 6.07) is 6.07. The Balaban J connectivity index is 1.47. The minimum absolute atomic E-state index is 0.0531. The summed E-state index contributed by atoms with van der Waals surface area (Å²) in [5.41, 5.74) is 0.241. The molecule has 2 aliphatic heterocycles. The van der Waals surface area contributed by atoms with Gasteiger partial charge in [-0.25, -0.2) is 9.59 Å². The lowest BCUT2D eigenvalue weighted by atomic mass is 9.97. The number of carbonyl (C=O) groups is 4. The van der Waals surface area contributed by atoms with Crippen LogP contribution >= 0.6 is 0 Å². The maximum absolute atomic E-state index is 12.5. The molecule has 162 valence electrons. The predicted octanol–water partition coefficient (Wildman–Crippen LogP) is 1.56. The predicted molar refractivity (Wildman–Crippen MR) is 107 cm³/mol. The Morgan fingerprint density at radius 2 is 1.70 bits per heavy atom. The van der Waals surface area contributed by atoms with Gasteiger partial charge in [-0.15, -0.1) is 0 Å². The molecule has 3 rings (SSSR count). The highest BCUT2D eigenvalue weighted by Gasteiger charge is 2.29. The topological polar surface area (TPSA) is 105 Å². The number of amides is 4. The van der Waals surface area contributed by atoms with Gasteiger partial charge in [-0.1, -0.05) is 0 Å². The molecule has 2 atom stereocenters. The van der Waals surface area contributed by atoms with Crippen molar-refractivity contribution in [3.05, 3.63) is 29.8 Å². The summed E-state index contributed by atoms with van der Waals surface area (Å²) in [5, 5.41) is 2.51. The Bertz CT molecular complexity index is 799. The van der Waals surface area contributed by atoms with Crippen LogP contribution in [-0.4, -0.2) is 72.0 Å². The van der Waals surface area contributed by atoms with Gasteiger partial charge in [0.15, 0.2) is 13.2 Å². The fourth-order valence-corrected chi connectivity index (χ4v) is 3.82. The van der Waals surface area contributed by atoms with Gasteiger partial charge in [-0.2, -0.15) is 0 Å². The van der Waals surface area contributed by atoms with E-state index in [0.717, 1.165) is 24.2 Å². The van der Waals surface area contributed by atoms with E-state index in [1.807, 2.05) is 4.90 Å². The molecular weight excluding hydrogens is 390 g/mol. The highest BCUT2D eigenvalue weighted by atomic mass is 16.5. The maximum atomic E-state index is 12.5. The van der Waals surface area contributed by atoms with E-state index in [0.29, 0.717) is 12.3 Å². The van der Waals surface area contributed by atoms with E-state index in [2.05, 4.69) is 19.2 Å². The average molecular weight is 417 g/mol. The Labute approximate surface area is 175 Å². The van der Waals surface area contributed by atoms with E-state index in [1.54, 1.807) is 12.1 Å². The Morgan fingerprint density at radius 1 is 1.03 bits per heavy atom. The van der Waals surface area contributed by atoms with E-state index < -0.39 is 24.5 Å². The summed E-state index contributed by atoms with van der Waals surface area (Å²) in [7, 11) is 0. The van der Waals surface area contributed by atoms with Crippen molar-refractivity contribution in [1.82, 2.24) is 15.1 Å². The van der Waals surface area contributed by atoms with Gasteiger partial charge in [0.05, 0.1) is 5.56 Å². The van der Waals surface area contributed by atoms with Crippen molar-refractivity contribution in [2.45, 2.75) is 45.2 Å². The van der Waals surface area contributed by atoms with Gasteiger partial charge in [-0.05, 0) is 57.4 Å². The minimum Gasteiger partial charge on any atom is -0.484 e. The Morgan fingerprint density at radius 3 is 2.30 bits per heavy atom. The van der Waals surface area contributed by atoms with Crippen molar-refractivity contribution >= 4 is 23.8 Å². The van der Waals surface area contributed by atoms with Crippen molar-refractivity contribution < 1.29 is 28.7 Å². The molecule has 30 heavy (non-hydrogen) atoms. The summed E-state index contributed by atoms with van der Waals surface area (Å²) in [6.07, 6.45) is 3.12. The molecule has 1 N–H and O–H groups in total. The number of piperidine rings is 1. The number of benzene rings is 1. The molecule has 0 aromatic heterocycles. The number of nitrogens with zero attached hydrogens (tertiary/aromatic N) is 2. The van der Waals surface area contributed by atoms with Crippen molar-refractivity contribution in [2.24, 2.45) is 0 Å². The molecule has 0 aliphatic carbocycles. The van der Waals surface area contributed by atoms with Crippen LogP contribution in [0.3, 0.4) is 0 Å². The van der Waals surface area contributed by atoms with Gasteiger partial charge in [0.1, 0.15) is 5.75 Å². The highest BCUT2D eigenvalue weighted by Crippen LogP contribution is 2.23. The second-order valence-corrected chi connectivity index (χ2v) is 7.60. The third-order valence-corrected chi connectivity index (χ3v) is 5.42. The largest absolute Gasteiger partial charge is 0.484 e. The lowest BCUT2D eigenvalue weighted by molar-refractivity contribution is -0.139. The first-order valence-corrected chi connectivity index (χ1v) is 10.2. The molecular formula is C21H27N3O6. The number of urea groups is 1. The molecule has 9 nitrogen and oxygen atoms in total. The summed E-state index contributed by atoms with van der Waals surface area (Å²) < 4.78 is 10.6. The third kappa shape index (κ3) is 5.08. The van der Waals surface area contributed by atoms with Crippen molar-refractivity contribution in [3.8, 4) is 5.75 Å². The van der Waals surface area contributed by atoms with Gasteiger partial charge in [-0.3, -0.25) is 14.5 Å². The van der Waals surface area contributed by atoms with Gasteiger partial charge in [0, 0.05) is 25.2 Å². The first-order valence-electron chi connectivity index (χ1n) is 10.2.